The third kappa shape index (κ3) is 14.7. The van der Waals surface area contributed by atoms with Gasteiger partial charge in [-0.3, -0.25) is 24.0 Å². The highest BCUT2D eigenvalue weighted by atomic mass is 32.2. The molecule has 11 N–H and O–H groups in total. The van der Waals surface area contributed by atoms with Crippen LogP contribution in [0.2, 0.25) is 0 Å². The number of hydrogen-bond acceptors (Lipinski definition) is 14. The Kier molecular flexibility index (Phi) is 19.4. The van der Waals surface area contributed by atoms with Crippen LogP contribution in [-0.2, 0) is 35.8 Å². The lowest BCUT2D eigenvalue weighted by Gasteiger charge is -2.32. The summed E-state index contributed by atoms with van der Waals surface area (Å²) in [6.07, 6.45) is 5.47. The number of aryl methyl sites for hydroxylation is 2. The van der Waals surface area contributed by atoms with Gasteiger partial charge in [-0.1, -0.05) is 57.7 Å². The Morgan fingerprint density at radius 2 is 1.59 bits per heavy atom. The van der Waals surface area contributed by atoms with Crippen molar-refractivity contribution in [3.63, 3.8) is 0 Å². The Morgan fingerprint density at radius 1 is 0.986 bits per heavy atom. The first-order chi connectivity index (χ1) is 32.9. The van der Waals surface area contributed by atoms with Crippen molar-refractivity contribution in [2.24, 2.45) is 22.0 Å². The number of likely N-dealkylation sites (N-methyl/N-ethyl adjacent to an activating group) is 1. The lowest BCUT2D eigenvalue weighted by atomic mass is 9.86. The predicted octanol–water partition coefficient (Wildman–Crippen LogP) is 1.27. The number of hydrogen-bond donors (Lipinski definition) is 8. The molecule has 4 rings (SSSR count). The van der Waals surface area contributed by atoms with Crippen molar-refractivity contribution in [1.29, 1.82) is 5.26 Å². The summed E-state index contributed by atoms with van der Waals surface area (Å²) in [5, 5.41) is 24.8. The van der Waals surface area contributed by atoms with Gasteiger partial charge < -0.3 is 47.1 Å². The average Bonchev–Trinajstić information content (AvgIpc) is 3.29. The summed E-state index contributed by atoms with van der Waals surface area (Å²) >= 11 is 0. The quantitative estimate of drug-likeness (QED) is 0.0658. The van der Waals surface area contributed by atoms with Crippen LogP contribution in [-0.4, -0.2) is 117 Å². The highest BCUT2D eigenvalue weighted by Gasteiger charge is 2.37. The first-order valence-corrected chi connectivity index (χ1v) is 23.9. The van der Waals surface area contributed by atoms with Gasteiger partial charge in [-0.25, -0.2) is 15.1 Å². The van der Waals surface area contributed by atoms with E-state index in [0.29, 0.717) is 39.6 Å². The number of carbonyl (C=O) groups is 5. The van der Waals surface area contributed by atoms with Crippen LogP contribution in [0.15, 0.2) is 66.8 Å². The molecular weight excluding hydrogens is 921 g/mol. The number of nitrogens with zero attached hydrogens (tertiary/aromatic N) is 4. The largest absolute Gasteiger partial charge is 0.492 e. The van der Waals surface area contributed by atoms with E-state index in [0.717, 1.165) is 10.5 Å². The molecule has 1 aromatic heterocycles. The van der Waals surface area contributed by atoms with Gasteiger partial charge in [0.25, 0.3) is 16.1 Å². The Morgan fingerprint density at radius 3 is 2.14 bits per heavy atom. The number of nitrogens with one attached hydrogen (secondary N) is 5. The number of fused-ring (bicyclic) bond motifs is 5. The van der Waals surface area contributed by atoms with Crippen LogP contribution < -0.4 is 52.1 Å². The van der Waals surface area contributed by atoms with Gasteiger partial charge >= 0.3 is 0 Å². The topological polar surface area (TPSA) is 329 Å². The zero-order valence-electron chi connectivity index (χ0n) is 40.8. The Labute approximate surface area is 408 Å². The van der Waals surface area contributed by atoms with Gasteiger partial charge in [-0.05, 0) is 79.6 Å². The second-order valence-electron chi connectivity index (χ2n) is 17.5. The Bertz CT molecular complexity index is 2670. The van der Waals surface area contributed by atoms with E-state index >= 15 is 0 Å². The smallest absolute Gasteiger partial charge is 0.274 e. The lowest BCUT2D eigenvalue weighted by molar-refractivity contribution is -0.141. The van der Waals surface area contributed by atoms with E-state index in [4.69, 9.17) is 26.1 Å². The molecule has 0 radical (unpaired) electrons. The monoisotopic (exact) mass is 984 g/mol. The molecule has 1 aliphatic rings. The van der Waals surface area contributed by atoms with Gasteiger partial charge in [0.2, 0.25) is 23.6 Å². The maximum absolute atomic E-state index is 14.8. The zero-order chi connectivity index (χ0) is 52.1. The van der Waals surface area contributed by atoms with E-state index in [1.165, 1.54) is 20.0 Å². The number of rotatable bonds is 18. The van der Waals surface area contributed by atoms with E-state index < -0.39 is 70.5 Å². The second-order valence-corrected chi connectivity index (χ2v) is 18.9. The summed E-state index contributed by atoms with van der Waals surface area (Å²) in [6, 6.07) is 5.72. The summed E-state index contributed by atoms with van der Waals surface area (Å²) in [6.45, 7) is 15.8. The van der Waals surface area contributed by atoms with Gasteiger partial charge in [0.1, 0.15) is 55.4 Å². The fraction of sp³-hybridized carbons (Fsp3) is 0.417. The fourth-order valence-corrected chi connectivity index (χ4v) is 7.87. The molecule has 21 nitrogen and oxygen atoms in total. The summed E-state index contributed by atoms with van der Waals surface area (Å²) in [5.41, 5.74) is 15.2. The van der Waals surface area contributed by atoms with Crippen LogP contribution in [0.25, 0.3) is 16.7 Å². The molecule has 2 aromatic carbocycles. The SMILES string of the molecule is C=C/C(=C\C=C(/C)c1nc(C)c(C(=O)N[C@@H](CNS(N)(=O)=O)C(=O)N(C)[C@@H]2C(=O)N[C@@H](C)C(=O)N[C@H](C(=O)NCC#N)Cc3ccc(OCCN)c(c3)-c3cc2ccc3OCCN)c(C)n1)C(C)(C)C. The molecule has 0 spiro atoms. The van der Waals surface area contributed by atoms with E-state index in [1.807, 2.05) is 25.1 Å². The molecule has 2 heterocycles. The molecule has 0 aliphatic carbocycles. The van der Waals surface area contributed by atoms with Crippen LogP contribution in [0.3, 0.4) is 0 Å². The second kappa shape index (κ2) is 24.5. The summed E-state index contributed by atoms with van der Waals surface area (Å²) in [4.78, 5) is 81.0. The summed E-state index contributed by atoms with van der Waals surface area (Å²) in [7, 11) is -3.19. The van der Waals surface area contributed by atoms with Crippen LogP contribution in [0.1, 0.15) is 79.4 Å². The maximum Gasteiger partial charge on any atom is 0.274 e. The van der Waals surface area contributed by atoms with Crippen LogP contribution in [0, 0.1) is 30.6 Å². The first kappa shape index (κ1) is 55.6. The van der Waals surface area contributed by atoms with Crippen molar-refractivity contribution in [1.82, 2.24) is 40.9 Å². The molecule has 70 heavy (non-hydrogen) atoms. The zero-order valence-corrected chi connectivity index (χ0v) is 41.6. The molecule has 0 unspecified atom stereocenters. The molecule has 0 saturated heterocycles. The normalized spacial score (nSPS) is 17.1. The number of benzene rings is 2. The number of amides is 5. The van der Waals surface area contributed by atoms with Crippen LogP contribution in [0.4, 0.5) is 0 Å². The number of allylic oxidation sites excluding steroid dienone is 5. The maximum atomic E-state index is 14.8. The number of nitriles is 1. The first-order valence-electron chi connectivity index (χ1n) is 22.3. The molecule has 3 aromatic rings. The minimum atomic E-state index is -4.45. The molecule has 0 fully saturated rings. The van der Waals surface area contributed by atoms with Crippen molar-refractivity contribution in [2.75, 3.05) is 46.4 Å². The summed E-state index contributed by atoms with van der Waals surface area (Å²) < 4.78 is 38.8. The highest BCUT2D eigenvalue weighted by Crippen LogP contribution is 2.40. The predicted molar refractivity (Wildman–Crippen MR) is 264 cm³/mol. The van der Waals surface area contributed by atoms with Gasteiger partial charge in [0, 0.05) is 44.2 Å². The number of carbonyl (C=O) groups excluding carboxylic acids is 5. The highest BCUT2D eigenvalue weighted by molar-refractivity contribution is 7.87. The van der Waals surface area contributed by atoms with E-state index in [-0.39, 0.29) is 67.2 Å². The molecule has 0 saturated carbocycles. The van der Waals surface area contributed by atoms with Gasteiger partial charge in [0.15, 0.2) is 5.82 Å². The molecule has 5 amide bonds. The molecule has 376 valence electrons. The van der Waals surface area contributed by atoms with Crippen molar-refractivity contribution >= 4 is 45.3 Å². The fourth-order valence-electron chi connectivity index (χ4n) is 7.47. The molecule has 22 heteroatoms. The minimum Gasteiger partial charge on any atom is -0.492 e. The van der Waals surface area contributed by atoms with Gasteiger partial charge in [0.05, 0.1) is 23.0 Å². The summed E-state index contributed by atoms with van der Waals surface area (Å²) in [5.74, 6) is -3.18. The minimum absolute atomic E-state index is 0.00685. The number of aromatic nitrogens is 2. The third-order valence-electron chi connectivity index (χ3n) is 11.1. The Hall–Kier alpha value is -7.03. The van der Waals surface area contributed by atoms with Gasteiger partial charge in [-0.15, -0.1) is 0 Å². The molecular formula is C48H64N12O9S. The molecule has 1 aliphatic heterocycles. The van der Waals surface area contributed by atoms with E-state index in [2.05, 4.69) is 63.3 Å². The Balaban J connectivity index is 1.88. The van der Waals surface area contributed by atoms with Crippen molar-refractivity contribution in [3.05, 3.63) is 101 Å². The van der Waals surface area contributed by atoms with Crippen LogP contribution >= 0.6 is 0 Å². The molecule has 4 atom stereocenters. The van der Waals surface area contributed by atoms with E-state index in [1.54, 1.807) is 50.3 Å². The number of nitrogens with two attached hydrogens (primary N) is 3. The lowest BCUT2D eigenvalue weighted by Crippen LogP contribution is -2.57. The van der Waals surface area contributed by atoms with Gasteiger partial charge in [-0.2, -0.15) is 18.4 Å². The van der Waals surface area contributed by atoms with Crippen molar-refractivity contribution < 1.29 is 41.9 Å². The van der Waals surface area contributed by atoms with E-state index in [9.17, 15) is 37.7 Å². The van der Waals surface area contributed by atoms with Crippen molar-refractivity contribution in [2.45, 2.75) is 79.1 Å². The van der Waals surface area contributed by atoms with Crippen LogP contribution in [0.5, 0.6) is 11.5 Å². The van der Waals surface area contributed by atoms with Crippen molar-refractivity contribution in [3.8, 4) is 28.7 Å². The average molecular weight is 985 g/mol. The third-order valence-corrected chi connectivity index (χ3v) is 11.7. The number of ether oxygens (including phenoxy) is 2. The standard InChI is InChI=1S/C48H64N12O9S/c1-10-33(48(6,7)8)14-11-27(2)42-55-28(3)40(29(4)56-42)45(63)59-37(26-54-70(52,66)67)47(65)60(9)41-32-13-16-39(69-22-19-51)35(25-32)34-23-31(12-15-38(34)68-21-18-50)24-36(44(62)53-20-17-49)58-43(61)30(5)57-46(41)64/h10-16,23,25,30,36-37,41,54H,1,18-22,24,26,50-51H2,2-9H3,(H,53,62)(H,57,64)(H,58,61)(H,59,63)(H2,52,66,67)/b27-11+,33-14+/t30-,36-,37-,41-/m0/s1. The molecule has 4 bridgehead atoms.